The Balaban J connectivity index is 2.47. The number of allylic oxidation sites excluding steroid dienone is 10. The molecule has 0 heterocycles. The van der Waals surface area contributed by atoms with Crippen molar-refractivity contribution < 1.29 is 23.5 Å². The average molecular weight is 767 g/mol. The Morgan fingerprint density at radius 1 is 0.774 bits per heavy atom. The van der Waals surface area contributed by atoms with Crippen LogP contribution in [-0.4, -0.2) is 57.7 Å². The molecule has 0 radical (unpaired) electrons. The first kappa shape index (κ1) is 47.9. The maximum atomic E-state index is 13.6. The van der Waals surface area contributed by atoms with Crippen LogP contribution >= 0.6 is 11.8 Å². The van der Waals surface area contributed by atoms with E-state index in [-0.39, 0.29) is 42.4 Å². The smallest absolute Gasteiger partial charge is 0.305 e. The monoisotopic (exact) mass is 766 g/mol. The number of esters is 1. The van der Waals surface area contributed by atoms with Gasteiger partial charge in [-0.25, -0.2) is 0 Å². The molecular formula is C44H70N2O5SSi. The number of benzene rings is 1. The maximum absolute atomic E-state index is 13.6. The minimum atomic E-state index is -2.37. The maximum Gasteiger partial charge on any atom is 0.305 e. The third-order valence-corrected chi connectivity index (χ3v) is 14.5. The molecule has 53 heavy (non-hydrogen) atoms. The minimum absolute atomic E-state index is 0.0569. The minimum Gasteiger partial charge on any atom is -0.465 e. The fourth-order valence-corrected chi connectivity index (χ4v) is 6.88. The Morgan fingerprint density at radius 3 is 1.91 bits per heavy atom. The Morgan fingerprint density at radius 2 is 1.34 bits per heavy atom. The molecule has 0 saturated carbocycles. The van der Waals surface area contributed by atoms with Crippen LogP contribution in [0, 0.1) is 5.41 Å². The van der Waals surface area contributed by atoms with Crippen molar-refractivity contribution in [1.82, 2.24) is 10.6 Å². The Labute approximate surface area is 327 Å². The number of hydrogen-bond acceptors (Lipinski definition) is 6. The number of rotatable bonds is 27. The van der Waals surface area contributed by atoms with Crippen molar-refractivity contribution in [1.29, 1.82) is 0 Å². The lowest BCUT2D eigenvalue weighted by atomic mass is 9.87. The molecule has 1 atom stereocenters. The molecule has 0 unspecified atom stereocenters. The fourth-order valence-electron chi connectivity index (χ4n) is 4.69. The van der Waals surface area contributed by atoms with E-state index in [1.165, 1.54) is 5.56 Å². The van der Waals surface area contributed by atoms with Crippen molar-refractivity contribution in [3.8, 4) is 0 Å². The summed E-state index contributed by atoms with van der Waals surface area (Å²) in [6.45, 7) is 17.4. The number of hydrogen-bond donors (Lipinski definition) is 2. The first-order chi connectivity index (χ1) is 25.2. The number of nitrogens with one attached hydrogen (secondary N) is 2. The van der Waals surface area contributed by atoms with Crippen LogP contribution in [0.3, 0.4) is 0 Å². The van der Waals surface area contributed by atoms with Crippen LogP contribution < -0.4 is 10.6 Å². The second kappa shape index (κ2) is 27.4. The van der Waals surface area contributed by atoms with Crippen molar-refractivity contribution >= 4 is 37.9 Å². The molecule has 0 aliphatic rings. The molecule has 0 bridgehead atoms. The summed E-state index contributed by atoms with van der Waals surface area (Å²) in [6, 6.07) is 10.2. The summed E-state index contributed by atoms with van der Waals surface area (Å²) in [5.74, 6) is 1.03. The summed E-state index contributed by atoms with van der Waals surface area (Å²) in [6.07, 6.45) is 27.7. The van der Waals surface area contributed by atoms with E-state index in [9.17, 15) is 14.4 Å². The summed E-state index contributed by atoms with van der Waals surface area (Å²) in [4.78, 5) is 38.7. The van der Waals surface area contributed by atoms with Crippen LogP contribution in [0.1, 0.15) is 105 Å². The average Bonchev–Trinajstić information content (AvgIpc) is 3.10. The fraction of sp³-hybridized carbons (Fsp3) is 0.568. The van der Waals surface area contributed by atoms with Gasteiger partial charge in [-0.15, -0.1) is 0 Å². The van der Waals surface area contributed by atoms with Crippen LogP contribution in [0.4, 0.5) is 0 Å². The van der Waals surface area contributed by atoms with E-state index in [4.69, 9.17) is 9.16 Å². The molecule has 0 aliphatic heterocycles. The number of unbranched alkanes of at least 4 members (excludes halogenated alkanes) is 1. The molecule has 1 rings (SSSR count). The Kier molecular flexibility index (Phi) is 24.8. The predicted octanol–water partition coefficient (Wildman–Crippen LogP) is 10.4. The normalized spacial score (nSPS) is 13.5. The second-order valence-electron chi connectivity index (χ2n) is 15.4. The first-order valence-corrected chi connectivity index (χ1v) is 23.5. The zero-order valence-corrected chi connectivity index (χ0v) is 35.9. The highest BCUT2D eigenvalue weighted by Crippen LogP contribution is 2.40. The van der Waals surface area contributed by atoms with E-state index in [1.807, 2.05) is 32.0 Å². The van der Waals surface area contributed by atoms with Crippen molar-refractivity contribution in [2.24, 2.45) is 5.41 Å². The Bertz CT molecular complexity index is 1330. The molecule has 0 aromatic heterocycles. The summed E-state index contributed by atoms with van der Waals surface area (Å²) in [7, 11) is -2.37. The zero-order chi connectivity index (χ0) is 39.4. The zero-order valence-electron chi connectivity index (χ0n) is 34.1. The van der Waals surface area contributed by atoms with Gasteiger partial charge in [-0.05, 0) is 68.6 Å². The molecule has 0 aliphatic carbocycles. The third kappa shape index (κ3) is 23.3. The van der Waals surface area contributed by atoms with Gasteiger partial charge in [0, 0.05) is 42.9 Å². The SMILES string of the molecule is CC/C=C\C/C=C\C/C=C\C/C=C\C/C=C\CCCC(=O)OCC(C)(C)[C@@H](O[Si](C)(C)C(C)(C)C)C(=O)NCCC(=O)NCCSCc1ccccc1. The number of thioether (sulfide) groups is 1. The molecular weight excluding hydrogens is 697 g/mol. The van der Waals surface area contributed by atoms with Gasteiger partial charge < -0.3 is 19.8 Å². The molecule has 1 aromatic carbocycles. The van der Waals surface area contributed by atoms with Crippen LogP contribution in [0.2, 0.25) is 18.1 Å². The van der Waals surface area contributed by atoms with Gasteiger partial charge in [0.05, 0.1) is 6.61 Å². The summed E-state index contributed by atoms with van der Waals surface area (Å²) < 4.78 is 12.4. The van der Waals surface area contributed by atoms with Gasteiger partial charge in [0.2, 0.25) is 11.8 Å². The molecule has 2 N–H and O–H groups in total. The lowest BCUT2D eigenvalue weighted by Crippen LogP contribution is -2.55. The summed E-state index contributed by atoms with van der Waals surface area (Å²) in [5, 5.41) is 5.74. The molecule has 296 valence electrons. The number of ether oxygens (including phenoxy) is 1. The molecule has 9 heteroatoms. The highest BCUT2D eigenvalue weighted by molar-refractivity contribution is 7.98. The topological polar surface area (TPSA) is 93.7 Å². The standard InChI is InChI=1S/C44H70N2O5SSi/c1-9-10-11-12-13-14-15-16-17-18-19-20-21-22-23-24-28-31-40(48)50-37-44(5,6)41(51-53(7,8)43(2,3)4)42(49)46-33-32-39(47)45-34-35-52-36-38-29-26-25-27-30-38/h10-11,13-14,16-17,19-20,22-23,25-27,29-30,41H,9,12,15,18,21,24,28,31-37H2,1-8H3,(H,45,47)(H,46,49)/b11-10-,14-13-,17-16-,20-19-,23-22-/t41-/m0/s1. The van der Waals surface area contributed by atoms with Crippen LogP contribution in [0.5, 0.6) is 0 Å². The molecule has 0 fully saturated rings. The van der Waals surface area contributed by atoms with Crippen molar-refractivity contribution in [3.05, 3.63) is 96.7 Å². The molecule has 7 nitrogen and oxygen atoms in total. The van der Waals surface area contributed by atoms with Crippen LogP contribution in [0.25, 0.3) is 0 Å². The number of carbonyl (C=O) groups excluding carboxylic acids is 3. The number of carbonyl (C=O) groups is 3. The van der Waals surface area contributed by atoms with Gasteiger partial charge in [-0.2, -0.15) is 11.8 Å². The predicted molar refractivity (Wildman–Crippen MR) is 228 cm³/mol. The van der Waals surface area contributed by atoms with E-state index in [2.05, 4.69) is 124 Å². The first-order valence-electron chi connectivity index (χ1n) is 19.4. The highest BCUT2D eigenvalue weighted by Gasteiger charge is 2.46. The quantitative estimate of drug-likeness (QED) is 0.0401. The lowest BCUT2D eigenvalue weighted by Gasteiger charge is -2.43. The highest BCUT2D eigenvalue weighted by atomic mass is 32.2. The lowest BCUT2D eigenvalue weighted by molar-refractivity contribution is -0.152. The van der Waals surface area contributed by atoms with Crippen LogP contribution in [-0.2, 0) is 29.3 Å². The molecule has 2 amide bonds. The second-order valence-corrected chi connectivity index (χ2v) is 21.3. The van der Waals surface area contributed by atoms with Crippen molar-refractivity contribution in [2.75, 3.05) is 25.4 Å². The van der Waals surface area contributed by atoms with Gasteiger partial charge >= 0.3 is 5.97 Å². The third-order valence-electron chi connectivity index (χ3n) is 9.01. The van der Waals surface area contributed by atoms with Crippen molar-refractivity contribution in [3.63, 3.8) is 0 Å². The van der Waals surface area contributed by atoms with E-state index >= 15 is 0 Å². The van der Waals surface area contributed by atoms with Gasteiger partial charge in [-0.1, -0.05) is 133 Å². The van der Waals surface area contributed by atoms with Gasteiger partial charge in [0.1, 0.15) is 6.10 Å². The van der Waals surface area contributed by atoms with Crippen molar-refractivity contribution in [2.45, 2.75) is 129 Å². The summed E-state index contributed by atoms with van der Waals surface area (Å²) >= 11 is 1.77. The van der Waals surface area contributed by atoms with Gasteiger partial charge in [-0.3, -0.25) is 14.4 Å². The Hall–Kier alpha value is -3.14. The van der Waals surface area contributed by atoms with E-state index in [0.717, 1.165) is 50.0 Å². The molecule has 0 spiro atoms. The number of amides is 2. The summed E-state index contributed by atoms with van der Waals surface area (Å²) in [5.41, 5.74) is 0.480. The van der Waals surface area contributed by atoms with Gasteiger partial charge in [0.15, 0.2) is 8.32 Å². The van der Waals surface area contributed by atoms with E-state index in [0.29, 0.717) is 19.4 Å². The largest absolute Gasteiger partial charge is 0.465 e. The molecule has 0 saturated heterocycles. The van der Waals surface area contributed by atoms with Crippen LogP contribution in [0.15, 0.2) is 91.1 Å². The van der Waals surface area contributed by atoms with E-state index < -0.39 is 19.8 Å². The van der Waals surface area contributed by atoms with Gasteiger partial charge in [0.25, 0.3) is 0 Å². The van der Waals surface area contributed by atoms with E-state index in [1.54, 1.807) is 11.8 Å². The molecule has 1 aromatic rings.